The lowest BCUT2D eigenvalue weighted by Crippen LogP contribution is -2.05. The van der Waals surface area contributed by atoms with Crippen LogP contribution in [-0.2, 0) is 4.74 Å². The van der Waals surface area contributed by atoms with E-state index in [0.29, 0.717) is 5.56 Å². The zero-order valence-electron chi connectivity index (χ0n) is 13.0. The van der Waals surface area contributed by atoms with E-state index in [2.05, 4.69) is 4.98 Å². The first kappa shape index (κ1) is 16.5. The van der Waals surface area contributed by atoms with Crippen LogP contribution in [0.15, 0.2) is 73.1 Å². The highest BCUT2D eigenvalue weighted by molar-refractivity contribution is 5.95. The summed E-state index contributed by atoms with van der Waals surface area (Å²) in [7, 11) is 0. The van der Waals surface area contributed by atoms with E-state index in [9.17, 15) is 13.6 Å². The Labute approximate surface area is 143 Å². The molecule has 0 aliphatic carbocycles. The van der Waals surface area contributed by atoms with E-state index in [1.54, 1.807) is 30.6 Å². The van der Waals surface area contributed by atoms with Crippen molar-refractivity contribution in [1.82, 2.24) is 4.98 Å². The number of ether oxygens (including phenoxy) is 1. The lowest BCUT2D eigenvalue weighted by atomic mass is 10.1. The first-order valence-corrected chi connectivity index (χ1v) is 7.47. The maximum Gasteiger partial charge on any atom is 0.343 e. The standard InChI is InChI=1S/C20H13F2NO2/c21-17-5-1-15(2-6-17)19(13-14-9-11-23-12-10-14)25-20(24)16-3-7-18(22)8-4-16/h1-13H/b19-13-. The summed E-state index contributed by atoms with van der Waals surface area (Å²) in [5, 5.41) is 0. The van der Waals surface area contributed by atoms with Crippen molar-refractivity contribution in [2.24, 2.45) is 0 Å². The predicted octanol–water partition coefficient (Wildman–Crippen LogP) is 4.71. The van der Waals surface area contributed by atoms with Crippen LogP contribution in [0.1, 0.15) is 21.5 Å². The Morgan fingerprint density at radius 3 is 1.88 bits per heavy atom. The molecular formula is C20H13F2NO2. The van der Waals surface area contributed by atoms with Gasteiger partial charge in [0.2, 0.25) is 0 Å². The first-order chi connectivity index (χ1) is 12.1. The van der Waals surface area contributed by atoms with E-state index >= 15 is 0 Å². The van der Waals surface area contributed by atoms with Crippen LogP contribution in [-0.4, -0.2) is 11.0 Å². The normalized spacial score (nSPS) is 11.2. The SMILES string of the molecule is O=C(O/C(=C\c1ccncc1)c1ccc(F)cc1)c1ccc(F)cc1. The molecule has 0 saturated carbocycles. The van der Waals surface area contributed by atoms with Gasteiger partial charge in [0.25, 0.3) is 0 Å². The lowest BCUT2D eigenvalue weighted by molar-refractivity contribution is 0.0693. The van der Waals surface area contributed by atoms with E-state index in [0.717, 1.165) is 5.56 Å². The van der Waals surface area contributed by atoms with Gasteiger partial charge in [0.15, 0.2) is 0 Å². The van der Waals surface area contributed by atoms with E-state index in [1.165, 1.54) is 48.5 Å². The quantitative estimate of drug-likeness (QED) is 0.511. The van der Waals surface area contributed by atoms with Crippen molar-refractivity contribution in [2.75, 3.05) is 0 Å². The van der Waals surface area contributed by atoms with E-state index < -0.39 is 17.6 Å². The number of rotatable bonds is 4. The highest BCUT2D eigenvalue weighted by atomic mass is 19.1. The van der Waals surface area contributed by atoms with Crippen molar-refractivity contribution in [2.45, 2.75) is 0 Å². The third-order valence-electron chi connectivity index (χ3n) is 3.42. The Morgan fingerprint density at radius 1 is 0.800 bits per heavy atom. The fourth-order valence-corrected chi connectivity index (χ4v) is 2.14. The molecule has 3 rings (SSSR count). The Kier molecular flexibility index (Phi) is 4.95. The number of pyridine rings is 1. The van der Waals surface area contributed by atoms with Crippen molar-refractivity contribution in [1.29, 1.82) is 0 Å². The molecule has 124 valence electrons. The number of halogens is 2. The van der Waals surface area contributed by atoms with E-state index in [1.807, 2.05) is 0 Å². The lowest BCUT2D eigenvalue weighted by Gasteiger charge is -2.10. The fraction of sp³-hybridized carbons (Fsp3) is 0. The number of hydrogen-bond acceptors (Lipinski definition) is 3. The zero-order valence-corrected chi connectivity index (χ0v) is 13.0. The third kappa shape index (κ3) is 4.35. The Balaban J connectivity index is 1.93. The van der Waals surface area contributed by atoms with Gasteiger partial charge in [-0.1, -0.05) is 0 Å². The topological polar surface area (TPSA) is 39.2 Å². The van der Waals surface area contributed by atoms with Gasteiger partial charge in [0.05, 0.1) is 5.56 Å². The Bertz CT molecular complexity index is 889. The van der Waals surface area contributed by atoms with Crippen LogP contribution in [0.4, 0.5) is 8.78 Å². The average Bonchev–Trinajstić information content (AvgIpc) is 2.63. The molecule has 5 heteroatoms. The predicted molar refractivity (Wildman–Crippen MR) is 90.3 cm³/mol. The Hall–Kier alpha value is -3.34. The second-order valence-corrected chi connectivity index (χ2v) is 5.19. The molecule has 2 aromatic carbocycles. The highest BCUT2D eigenvalue weighted by Gasteiger charge is 2.13. The van der Waals surface area contributed by atoms with Crippen molar-refractivity contribution < 1.29 is 18.3 Å². The van der Waals surface area contributed by atoms with Crippen molar-refractivity contribution in [3.05, 3.63) is 101 Å². The summed E-state index contributed by atoms with van der Waals surface area (Å²) >= 11 is 0. The second kappa shape index (κ2) is 7.49. The molecule has 0 saturated heterocycles. The number of hydrogen-bond donors (Lipinski definition) is 0. The van der Waals surface area contributed by atoms with Crippen LogP contribution in [0.5, 0.6) is 0 Å². The smallest absolute Gasteiger partial charge is 0.343 e. The zero-order chi connectivity index (χ0) is 17.6. The van der Waals surface area contributed by atoms with Crippen molar-refractivity contribution in [3.63, 3.8) is 0 Å². The van der Waals surface area contributed by atoms with Gasteiger partial charge in [-0.25, -0.2) is 13.6 Å². The minimum atomic E-state index is -0.635. The minimum Gasteiger partial charge on any atom is -0.422 e. The minimum absolute atomic E-state index is 0.212. The van der Waals surface area contributed by atoms with Gasteiger partial charge in [0.1, 0.15) is 17.4 Å². The molecule has 0 bridgehead atoms. The average molecular weight is 337 g/mol. The number of carbonyl (C=O) groups excluding carboxylic acids is 1. The molecule has 1 heterocycles. The number of esters is 1. The van der Waals surface area contributed by atoms with E-state index in [4.69, 9.17) is 4.74 Å². The van der Waals surface area contributed by atoms with Gasteiger partial charge in [-0.05, 0) is 72.3 Å². The summed E-state index contributed by atoms with van der Waals surface area (Å²) in [4.78, 5) is 16.3. The van der Waals surface area contributed by atoms with Gasteiger partial charge >= 0.3 is 5.97 Å². The highest BCUT2D eigenvalue weighted by Crippen LogP contribution is 2.22. The summed E-state index contributed by atoms with van der Waals surface area (Å²) in [6.45, 7) is 0. The van der Waals surface area contributed by atoms with Crippen LogP contribution >= 0.6 is 0 Å². The van der Waals surface area contributed by atoms with Crippen LogP contribution in [0.2, 0.25) is 0 Å². The maximum atomic E-state index is 13.2. The molecule has 0 N–H and O–H groups in total. The van der Waals surface area contributed by atoms with Crippen molar-refractivity contribution >= 4 is 17.8 Å². The van der Waals surface area contributed by atoms with Gasteiger partial charge < -0.3 is 4.74 Å². The molecule has 1 aromatic heterocycles. The van der Waals surface area contributed by atoms with Crippen molar-refractivity contribution in [3.8, 4) is 0 Å². The molecular weight excluding hydrogens is 324 g/mol. The number of nitrogens with zero attached hydrogens (tertiary/aromatic N) is 1. The summed E-state index contributed by atoms with van der Waals surface area (Å²) in [6.07, 6.45) is 4.86. The molecule has 0 atom stereocenters. The fourth-order valence-electron chi connectivity index (χ4n) is 2.14. The van der Waals surface area contributed by atoms with Gasteiger partial charge in [-0.15, -0.1) is 0 Å². The molecule has 3 aromatic rings. The summed E-state index contributed by atoms with van der Waals surface area (Å²) in [5.74, 6) is -1.22. The number of carbonyl (C=O) groups is 1. The van der Waals surface area contributed by atoms with Crippen LogP contribution in [0.3, 0.4) is 0 Å². The second-order valence-electron chi connectivity index (χ2n) is 5.19. The third-order valence-corrected chi connectivity index (χ3v) is 3.42. The van der Waals surface area contributed by atoms with E-state index in [-0.39, 0.29) is 11.3 Å². The molecule has 0 radical (unpaired) electrons. The molecule has 0 aliphatic rings. The number of aromatic nitrogens is 1. The molecule has 3 nitrogen and oxygen atoms in total. The van der Waals surface area contributed by atoms with Crippen LogP contribution in [0, 0.1) is 11.6 Å². The molecule has 0 unspecified atom stereocenters. The van der Waals surface area contributed by atoms with Crippen LogP contribution < -0.4 is 0 Å². The van der Waals surface area contributed by atoms with Gasteiger partial charge in [-0.2, -0.15) is 0 Å². The molecule has 0 amide bonds. The monoisotopic (exact) mass is 337 g/mol. The van der Waals surface area contributed by atoms with Gasteiger partial charge in [0, 0.05) is 18.0 Å². The van der Waals surface area contributed by atoms with Crippen LogP contribution in [0.25, 0.3) is 11.8 Å². The first-order valence-electron chi connectivity index (χ1n) is 7.47. The molecule has 0 spiro atoms. The maximum absolute atomic E-state index is 13.2. The molecule has 0 aliphatic heterocycles. The molecule has 25 heavy (non-hydrogen) atoms. The summed E-state index contributed by atoms with van der Waals surface area (Å²) in [5.41, 5.74) is 1.51. The Morgan fingerprint density at radius 2 is 1.32 bits per heavy atom. The number of benzene rings is 2. The van der Waals surface area contributed by atoms with Gasteiger partial charge in [-0.3, -0.25) is 4.98 Å². The largest absolute Gasteiger partial charge is 0.422 e. The summed E-state index contributed by atoms with van der Waals surface area (Å²) < 4.78 is 31.6. The summed E-state index contributed by atoms with van der Waals surface area (Å²) in [6, 6.07) is 14.1. The molecule has 0 fully saturated rings.